The molecule has 0 spiro atoms. The summed E-state index contributed by atoms with van der Waals surface area (Å²) in [5.41, 5.74) is 0.894. The Hall–Kier alpha value is -1.02. The van der Waals surface area contributed by atoms with E-state index in [0.717, 1.165) is 5.56 Å². The zero-order chi connectivity index (χ0) is 16.6. The van der Waals surface area contributed by atoms with Gasteiger partial charge < -0.3 is 28.8 Å². The Bertz CT molecular complexity index is 488. The molecule has 0 aromatic heterocycles. The fourth-order valence-electron chi connectivity index (χ4n) is 3.64. The Labute approximate surface area is 136 Å². The van der Waals surface area contributed by atoms with Crippen molar-refractivity contribution in [1.29, 1.82) is 0 Å². The molecular weight excluding hydrogens is 300 g/mol. The summed E-state index contributed by atoms with van der Waals surface area (Å²) in [5, 5.41) is 10.5. The van der Waals surface area contributed by atoms with Crippen molar-refractivity contribution in [2.75, 3.05) is 21.3 Å². The van der Waals surface area contributed by atoms with Crippen molar-refractivity contribution in [3.63, 3.8) is 0 Å². The second-order valence-electron chi connectivity index (χ2n) is 6.07. The van der Waals surface area contributed by atoms with Crippen molar-refractivity contribution in [2.45, 2.75) is 49.3 Å². The van der Waals surface area contributed by atoms with Crippen LogP contribution in [0.15, 0.2) is 30.3 Å². The molecule has 2 fully saturated rings. The van der Waals surface area contributed by atoms with Gasteiger partial charge in [-0.2, -0.15) is 0 Å². The summed E-state index contributed by atoms with van der Waals surface area (Å²) in [6, 6.07) is 9.70. The molecule has 0 radical (unpaired) electrons. The zero-order valence-electron chi connectivity index (χ0n) is 13.8. The molecule has 2 bridgehead atoms. The summed E-state index contributed by atoms with van der Waals surface area (Å²) in [4.78, 5) is 0. The molecule has 7 atom stereocenters. The van der Waals surface area contributed by atoms with Crippen LogP contribution in [-0.4, -0.2) is 63.1 Å². The maximum atomic E-state index is 10.5. The van der Waals surface area contributed by atoms with Crippen LogP contribution < -0.4 is 0 Å². The van der Waals surface area contributed by atoms with Gasteiger partial charge in [0.15, 0.2) is 5.79 Å². The van der Waals surface area contributed by atoms with Gasteiger partial charge in [-0.1, -0.05) is 30.3 Å². The van der Waals surface area contributed by atoms with Crippen LogP contribution in [0, 0.1) is 0 Å². The van der Waals surface area contributed by atoms with Gasteiger partial charge in [0.25, 0.3) is 0 Å². The smallest absolute Gasteiger partial charge is 0.193 e. The highest BCUT2D eigenvalue weighted by Gasteiger charge is 2.60. The summed E-state index contributed by atoms with van der Waals surface area (Å²) < 4.78 is 29.0. The Morgan fingerprint density at radius 2 is 1.35 bits per heavy atom. The number of aliphatic hydroxyl groups excluding tert-OH is 1. The maximum absolute atomic E-state index is 10.5. The van der Waals surface area contributed by atoms with E-state index in [0.29, 0.717) is 0 Å². The van der Waals surface area contributed by atoms with Gasteiger partial charge in [0.2, 0.25) is 0 Å². The maximum Gasteiger partial charge on any atom is 0.193 e. The minimum atomic E-state index is -0.959. The molecule has 3 rings (SSSR count). The highest BCUT2D eigenvalue weighted by molar-refractivity contribution is 5.21. The predicted molar refractivity (Wildman–Crippen MR) is 81.9 cm³/mol. The van der Waals surface area contributed by atoms with Gasteiger partial charge in [-0.3, -0.25) is 0 Å². The van der Waals surface area contributed by atoms with Crippen LogP contribution in [0.2, 0.25) is 0 Å². The first-order valence-corrected chi connectivity index (χ1v) is 7.73. The van der Waals surface area contributed by atoms with Crippen molar-refractivity contribution in [3.8, 4) is 0 Å². The lowest BCUT2D eigenvalue weighted by atomic mass is 9.82. The predicted octanol–water partition coefficient (Wildman–Crippen LogP) is 1.06. The summed E-state index contributed by atoms with van der Waals surface area (Å²) in [6.45, 7) is 1.87. The molecule has 6 heteroatoms. The Balaban J connectivity index is 2.00. The first kappa shape index (κ1) is 16.8. The van der Waals surface area contributed by atoms with Crippen LogP contribution in [0.1, 0.15) is 12.5 Å². The van der Waals surface area contributed by atoms with Crippen LogP contribution in [0.25, 0.3) is 0 Å². The molecule has 0 amide bonds. The Morgan fingerprint density at radius 1 is 0.870 bits per heavy atom. The molecule has 3 unspecified atom stereocenters. The minimum absolute atomic E-state index is 0.384. The molecule has 1 aliphatic carbocycles. The molecule has 1 saturated carbocycles. The molecular formula is C17H24O6. The molecule has 1 aromatic rings. The third-order valence-corrected chi connectivity index (χ3v) is 4.81. The second-order valence-corrected chi connectivity index (χ2v) is 6.07. The Morgan fingerprint density at radius 3 is 1.78 bits per heavy atom. The first-order chi connectivity index (χ1) is 11.1. The number of fused-ring (bicyclic) bond motifs is 2. The minimum Gasteiger partial charge on any atom is -0.387 e. The quantitative estimate of drug-likeness (QED) is 0.893. The van der Waals surface area contributed by atoms with Gasteiger partial charge in [0, 0.05) is 26.9 Å². The van der Waals surface area contributed by atoms with Crippen molar-refractivity contribution < 1.29 is 28.8 Å². The van der Waals surface area contributed by atoms with Gasteiger partial charge in [-0.15, -0.1) is 0 Å². The molecule has 1 saturated heterocycles. The van der Waals surface area contributed by atoms with Crippen LogP contribution in [0.5, 0.6) is 0 Å². The summed E-state index contributed by atoms with van der Waals surface area (Å²) in [5.74, 6) is -0.959. The van der Waals surface area contributed by atoms with Gasteiger partial charge in [0.05, 0.1) is 0 Å². The average molecular weight is 324 g/mol. The number of methoxy groups -OCH3 is 3. The highest BCUT2D eigenvalue weighted by Crippen LogP contribution is 2.43. The number of benzene rings is 1. The van der Waals surface area contributed by atoms with Crippen LogP contribution in [0.3, 0.4) is 0 Å². The third-order valence-electron chi connectivity index (χ3n) is 4.81. The summed E-state index contributed by atoms with van der Waals surface area (Å²) >= 11 is 0. The van der Waals surface area contributed by atoms with E-state index in [-0.39, 0.29) is 6.10 Å². The fraction of sp³-hybridized carbons (Fsp3) is 0.647. The van der Waals surface area contributed by atoms with E-state index in [9.17, 15) is 5.11 Å². The van der Waals surface area contributed by atoms with Crippen LogP contribution in [-0.2, 0) is 29.5 Å². The van der Waals surface area contributed by atoms with Crippen molar-refractivity contribution in [3.05, 3.63) is 35.9 Å². The van der Waals surface area contributed by atoms with Gasteiger partial charge in [0.1, 0.15) is 36.6 Å². The highest BCUT2D eigenvalue weighted by atomic mass is 16.7. The topological polar surface area (TPSA) is 66.4 Å². The van der Waals surface area contributed by atoms with Gasteiger partial charge in [-0.25, -0.2) is 0 Å². The number of rotatable bonds is 4. The largest absolute Gasteiger partial charge is 0.387 e. The van der Waals surface area contributed by atoms with E-state index >= 15 is 0 Å². The van der Waals surface area contributed by atoms with Crippen molar-refractivity contribution >= 4 is 0 Å². The normalized spacial score (nSPS) is 43.3. The molecule has 128 valence electrons. The van der Waals surface area contributed by atoms with E-state index < -0.39 is 36.3 Å². The lowest BCUT2D eigenvalue weighted by Crippen LogP contribution is -2.71. The monoisotopic (exact) mass is 324 g/mol. The van der Waals surface area contributed by atoms with Crippen molar-refractivity contribution in [2.24, 2.45) is 0 Å². The first-order valence-electron chi connectivity index (χ1n) is 7.73. The van der Waals surface area contributed by atoms with Crippen LogP contribution >= 0.6 is 0 Å². The van der Waals surface area contributed by atoms with Crippen molar-refractivity contribution in [1.82, 2.24) is 0 Å². The van der Waals surface area contributed by atoms with Gasteiger partial charge >= 0.3 is 0 Å². The van der Waals surface area contributed by atoms with E-state index in [1.165, 1.54) is 0 Å². The molecule has 1 aromatic carbocycles. The SMILES string of the molecule is COC1[C@H]2OC(C)(c3ccccc3)O[C@@H]1[C@@H](OC)C(O)[C@@H]2OC. The lowest BCUT2D eigenvalue weighted by Gasteiger charge is -2.55. The van der Waals surface area contributed by atoms with Crippen LogP contribution in [0.4, 0.5) is 0 Å². The van der Waals surface area contributed by atoms with E-state index in [1.807, 2.05) is 37.3 Å². The summed E-state index contributed by atoms with van der Waals surface area (Å²) in [7, 11) is 4.69. The summed E-state index contributed by atoms with van der Waals surface area (Å²) in [6.07, 6.45) is -3.29. The average Bonchev–Trinajstić information content (AvgIpc) is 2.56. The van der Waals surface area contributed by atoms with E-state index in [1.54, 1.807) is 21.3 Å². The standard InChI is InChI=1S/C17H24O6/c1-17(10-8-6-5-7-9-10)22-15-12(19-2)11(18)13(20-3)16(23-17)14(15)21-4/h5-9,11-16,18H,1-4H3/t11?,12-,13-,14?,15-,16+,17?/m0/s1. The molecule has 1 heterocycles. The number of aliphatic hydroxyl groups is 1. The third kappa shape index (κ3) is 2.69. The number of hydrogen-bond donors (Lipinski definition) is 1. The lowest BCUT2D eigenvalue weighted by molar-refractivity contribution is -0.404. The molecule has 23 heavy (non-hydrogen) atoms. The molecule has 1 N–H and O–H groups in total. The molecule has 1 aliphatic heterocycles. The molecule has 6 nitrogen and oxygen atoms in total. The molecule has 2 aliphatic rings. The van der Waals surface area contributed by atoms with E-state index in [2.05, 4.69) is 0 Å². The van der Waals surface area contributed by atoms with Gasteiger partial charge in [-0.05, 0) is 6.92 Å². The van der Waals surface area contributed by atoms with E-state index in [4.69, 9.17) is 23.7 Å². The fourth-order valence-corrected chi connectivity index (χ4v) is 3.64. The number of ether oxygens (including phenoxy) is 5. The number of hydrogen-bond acceptors (Lipinski definition) is 6. The second kappa shape index (κ2) is 6.47. The Kier molecular flexibility index (Phi) is 4.73. The zero-order valence-corrected chi connectivity index (χ0v) is 13.8.